The van der Waals surface area contributed by atoms with Crippen LogP contribution in [0.15, 0.2) is 46.9 Å². The summed E-state index contributed by atoms with van der Waals surface area (Å²) in [5, 5.41) is 10.2. The Morgan fingerprint density at radius 3 is 2.76 bits per heavy atom. The lowest BCUT2D eigenvalue weighted by Crippen LogP contribution is -2.11. The molecular weight excluding hydrogens is 336 g/mol. The minimum absolute atomic E-state index is 0.0383. The third-order valence-corrected chi connectivity index (χ3v) is 3.61. The molecule has 0 fully saturated rings. The second kappa shape index (κ2) is 7.24. The smallest absolute Gasteiger partial charge is 0.153 e. The molecule has 2 aromatic carbocycles. The Morgan fingerprint density at radius 1 is 1.29 bits per heavy atom. The highest BCUT2D eigenvalue weighted by atomic mass is 79.9. The summed E-state index contributed by atoms with van der Waals surface area (Å²) in [7, 11) is 1.57. The van der Waals surface area contributed by atoms with Gasteiger partial charge in [0.25, 0.3) is 0 Å². The fourth-order valence-electron chi connectivity index (χ4n) is 1.88. The van der Waals surface area contributed by atoms with E-state index in [4.69, 9.17) is 9.47 Å². The van der Waals surface area contributed by atoms with Gasteiger partial charge in [0.1, 0.15) is 24.2 Å². The molecule has 0 bridgehead atoms. The molecule has 0 aliphatic carbocycles. The molecule has 110 valence electrons. The molecule has 4 nitrogen and oxygen atoms in total. The first-order valence-electron chi connectivity index (χ1n) is 6.34. The largest absolute Gasteiger partial charge is 0.497 e. The van der Waals surface area contributed by atoms with Crippen molar-refractivity contribution in [3.8, 4) is 11.5 Å². The quantitative estimate of drug-likeness (QED) is 0.811. The molecule has 2 rings (SSSR count). The third-order valence-electron chi connectivity index (χ3n) is 2.99. The number of rotatable bonds is 6. The van der Waals surface area contributed by atoms with Crippen LogP contribution in [0.1, 0.15) is 22.0 Å². The molecule has 0 heterocycles. The van der Waals surface area contributed by atoms with E-state index in [0.717, 1.165) is 6.29 Å². The van der Waals surface area contributed by atoms with Crippen molar-refractivity contribution in [2.24, 2.45) is 0 Å². The fourth-order valence-corrected chi connectivity index (χ4v) is 2.37. The van der Waals surface area contributed by atoms with Gasteiger partial charge in [-0.1, -0.05) is 18.2 Å². The standard InChI is InChI=1S/C16H15BrO4/c1-20-13-6-2-4-11(8-13)15(19)10-21-16-12(9-18)5-3-7-14(16)17/h2-9,15,19H,10H2,1H3. The minimum Gasteiger partial charge on any atom is -0.497 e. The summed E-state index contributed by atoms with van der Waals surface area (Å²) < 4.78 is 11.4. The molecule has 21 heavy (non-hydrogen) atoms. The van der Waals surface area contributed by atoms with E-state index in [1.807, 2.05) is 0 Å². The van der Waals surface area contributed by atoms with Crippen molar-refractivity contribution in [3.63, 3.8) is 0 Å². The van der Waals surface area contributed by atoms with E-state index in [9.17, 15) is 9.90 Å². The molecule has 1 unspecified atom stereocenters. The number of halogens is 1. The number of aliphatic hydroxyl groups is 1. The van der Waals surface area contributed by atoms with Crippen molar-refractivity contribution < 1.29 is 19.4 Å². The van der Waals surface area contributed by atoms with Gasteiger partial charge in [0.05, 0.1) is 17.1 Å². The van der Waals surface area contributed by atoms with Crippen LogP contribution < -0.4 is 9.47 Å². The Bertz CT molecular complexity index is 627. The summed E-state index contributed by atoms with van der Waals surface area (Å²) in [6.45, 7) is 0.0383. The van der Waals surface area contributed by atoms with E-state index in [1.54, 1.807) is 49.6 Å². The third kappa shape index (κ3) is 3.83. The molecule has 0 aliphatic heterocycles. The van der Waals surface area contributed by atoms with Crippen molar-refractivity contribution in [1.29, 1.82) is 0 Å². The van der Waals surface area contributed by atoms with Gasteiger partial charge in [0.15, 0.2) is 6.29 Å². The zero-order valence-corrected chi connectivity index (χ0v) is 13.0. The molecule has 5 heteroatoms. The zero-order chi connectivity index (χ0) is 15.2. The number of para-hydroxylation sites is 1. The molecule has 0 saturated heterocycles. The van der Waals surface area contributed by atoms with Gasteiger partial charge >= 0.3 is 0 Å². The number of hydrogen-bond donors (Lipinski definition) is 1. The van der Waals surface area contributed by atoms with Gasteiger partial charge in [0, 0.05) is 0 Å². The van der Waals surface area contributed by atoms with Crippen LogP contribution in [-0.2, 0) is 0 Å². The maximum absolute atomic E-state index is 11.0. The second-order valence-electron chi connectivity index (χ2n) is 4.38. The predicted molar refractivity (Wildman–Crippen MR) is 83.0 cm³/mol. The molecule has 0 radical (unpaired) electrons. The topological polar surface area (TPSA) is 55.8 Å². The van der Waals surface area contributed by atoms with Crippen LogP contribution in [0.4, 0.5) is 0 Å². The van der Waals surface area contributed by atoms with E-state index >= 15 is 0 Å². The summed E-state index contributed by atoms with van der Waals surface area (Å²) in [4.78, 5) is 11.0. The summed E-state index contributed by atoms with van der Waals surface area (Å²) in [6.07, 6.45) is -0.0930. The molecule has 0 aliphatic rings. The Kier molecular flexibility index (Phi) is 5.36. The average molecular weight is 351 g/mol. The fraction of sp³-hybridized carbons (Fsp3) is 0.188. The molecule has 1 N–H and O–H groups in total. The average Bonchev–Trinajstić information content (AvgIpc) is 2.53. The predicted octanol–water partition coefficient (Wildman–Crippen LogP) is 3.38. The molecule has 1 atom stereocenters. The Labute approximate surface area is 131 Å². The zero-order valence-electron chi connectivity index (χ0n) is 11.5. The van der Waals surface area contributed by atoms with Gasteiger partial charge in [-0.15, -0.1) is 0 Å². The molecule has 0 aromatic heterocycles. The van der Waals surface area contributed by atoms with Gasteiger partial charge < -0.3 is 14.6 Å². The highest BCUT2D eigenvalue weighted by Crippen LogP contribution is 2.29. The van der Waals surface area contributed by atoms with Gasteiger partial charge in [-0.2, -0.15) is 0 Å². The van der Waals surface area contributed by atoms with Crippen molar-refractivity contribution in [2.45, 2.75) is 6.10 Å². The van der Waals surface area contributed by atoms with E-state index < -0.39 is 6.10 Å². The number of aldehydes is 1. The Morgan fingerprint density at radius 2 is 2.05 bits per heavy atom. The minimum atomic E-state index is -0.813. The number of carbonyl (C=O) groups excluding carboxylic acids is 1. The van der Waals surface area contributed by atoms with Gasteiger partial charge in [-0.3, -0.25) is 4.79 Å². The number of carbonyl (C=O) groups is 1. The van der Waals surface area contributed by atoms with E-state index in [0.29, 0.717) is 27.1 Å². The molecular formula is C16H15BrO4. The number of hydrogen-bond acceptors (Lipinski definition) is 4. The number of aliphatic hydroxyl groups excluding tert-OH is 1. The van der Waals surface area contributed by atoms with Crippen LogP contribution in [-0.4, -0.2) is 25.1 Å². The van der Waals surface area contributed by atoms with Crippen molar-refractivity contribution in [2.75, 3.05) is 13.7 Å². The number of ether oxygens (including phenoxy) is 2. The summed E-state index contributed by atoms with van der Waals surface area (Å²) in [5.74, 6) is 1.09. The number of methoxy groups -OCH3 is 1. The van der Waals surface area contributed by atoms with Crippen molar-refractivity contribution >= 4 is 22.2 Å². The molecule has 0 saturated carbocycles. The maximum atomic E-state index is 11.0. The van der Waals surface area contributed by atoms with Gasteiger partial charge in [0.2, 0.25) is 0 Å². The van der Waals surface area contributed by atoms with E-state index in [1.165, 1.54) is 0 Å². The van der Waals surface area contributed by atoms with Gasteiger partial charge in [-0.25, -0.2) is 0 Å². The number of benzene rings is 2. The Hall–Kier alpha value is -1.85. The lowest BCUT2D eigenvalue weighted by molar-refractivity contribution is 0.104. The summed E-state index contributed by atoms with van der Waals surface area (Å²) >= 11 is 3.33. The van der Waals surface area contributed by atoms with E-state index in [2.05, 4.69) is 15.9 Å². The van der Waals surface area contributed by atoms with Crippen LogP contribution in [0.25, 0.3) is 0 Å². The van der Waals surface area contributed by atoms with Crippen LogP contribution in [0.3, 0.4) is 0 Å². The van der Waals surface area contributed by atoms with Crippen LogP contribution in [0, 0.1) is 0 Å². The van der Waals surface area contributed by atoms with Crippen LogP contribution >= 0.6 is 15.9 Å². The SMILES string of the molecule is COc1cccc(C(O)COc2c(Br)cccc2C=O)c1. The molecule has 2 aromatic rings. The molecule has 0 spiro atoms. The highest BCUT2D eigenvalue weighted by molar-refractivity contribution is 9.10. The first kappa shape index (κ1) is 15.5. The van der Waals surface area contributed by atoms with Crippen molar-refractivity contribution in [1.82, 2.24) is 0 Å². The molecule has 0 amide bonds. The second-order valence-corrected chi connectivity index (χ2v) is 5.23. The van der Waals surface area contributed by atoms with Crippen molar-refractivity contribution in [3.05, 3.63) is 58.1 Å². The van der Waals surface area contributed by atoms with E-state index in [-0.39, 0.29) is 6.61 Å². The normalized spacial score (nSPS) is 11.8. The lowest BCUT2D eigenvalue weighted by Gasteiger charge is -2.15. The van der Waals surface area contributed by atoms with Gasteiger partial charge in [-0.05, 0) is 45.8 Å². The van der Waals surface area contributed by atoms with Crippen LogP contribution in [0.2, 0.25) is 0 Å². The highest BCUT2D eigenvalue weighted by Gasteiger charge is 2.13. The lowest BCUT2D eigenvalue weighted by atomic mass is 10.1. The van der Waals surface area contributed by atoms with Crippen LogP contribution in [0.5, 0.6) is 11.5 Å². The first-order valence-corrected chi connectivity index (χ1v) is 7.13. The maximum Gasteiger partial charge on any atom is 0.153 e. The Balaban J connectivity index is 2.10. The summed E-state index contributed by atoms with van der Waals surface area (Å²) in [6, 6.07) is 12.3. The monoisotopic (exact) mass is 350 g/mol. The first-order chi connectivity index (χ1) is 10.2. The summed E-state index contributed by atoms with van der Waals surface area (Å²) in [5.41, 5.74) is 1.12.